The van der Waals surface area contributed by atoms with Gasteiger partial charge in [-0.3, -0.25) is 14.9 Å². The number of benzene rings is 1. The molecular weight excluding hydrogens is 258 g/mol. The number of hydrogen-bond acceptors (Lipinski definition) is 4. The van der Waals surface area contributed by atoms with Gasteiger partial charge in [-0.05, 0) is 30.9 Å². The number of nitrogens with zero attached hydrogens (tertiary/aromatic N) is 2. The summed E-state index contributed by atoms with van der Waals surface area (Å²) >= 11 is 0. The number of carbonyl (C=O) groups excluding carboxylic acids is 1. The summed E-state index contributed by atoms with van der Waals surface area (Å²) in [6.07, 6.45) is 1.93. The third kappa shape index (κ3) is 2.89. The molecule has 0 heterocycles. The van der Waals surface area contributed by atoms with E-state index in [0.717, 1.165) is 12.8 Å². The van der Waals surface area contributed by atoms with E-state index in [1.54, 1.807) is 11.0 Å². The van der Waals surface area contributed by atoms with Gasteiger partial charge in [0.05, 0.1) is 4.92 Å². The van der Waals surface area contributed by atoms with Crippen molar-refractivity contribution in [2.24, 2.45) is 5.92 Å². The van der Waals surface area contributed by atoms with Gasteiger partial charge in [-0.15, -0.1) is 0 Å². The number of rotatable bonds is 5. The molecule has 0 spiro atoms. The SMILES string of the molecule is CC(C)CN(C(=O)c1cccc(N)c1[N+](=O)[O-])C1CC1. The van der Waals surface area contributed by atoms with Crippen molar-refractivity contribution in [2.75, 3.05) is 12.3 Å². The zero-order chi connectivity index (χ0) is 14.9. The largest absolute Gasteiger partial charge is 0.393 e. The Morgan fingerprint density at radius 1 is 1.50 bits per heavy atom. The highest BCUT2D eigenvalue weighted by Gasteiger charge is 2.36. The zero-order valence-corrected chi connectivity index (χ0v) is 11.7. The molecule has 1 aromatic carbocycles. The molecule has 2 N–H and O–H groups in total. The van der Waals surface area contributed by atoms with E-state index in [9.17, 15) is 14.9 Å². The second-order valence-electron chi connectivity index (χ2n) is 5.58. The van der Waals surface area contributed by atoms with Gasteiger partial charge in [-0.1, -0.05) is 19.9 Å². The molecule has 1 fully saturated rings. The highest BCUT2D eigenvalue weighted by Crippen LogP contribution is 2.32. The Morgan fingerprint density at radius 2 is 2.15 bits per heavy atom. The molecule has 1 amide bonds. The van der Waals surface area contributed by atoms with Crippen LogP contribution in [-0.4, -0.2) is 28.3 Å². The quantitative estimate of drug-likeness (QED) is 0.508. The summed E-state index contributed by atoms with van der Waals surface area (Å²) in [6.45, 7) is 4.66. The van der Waals surface area contributed by atoms with Crippen molar-refractivity contribution >= 4 is 17.3 Å². The highest BCUT2D eigenvalue weighted by atomic mass is 16.6. The molecule has 6 nitrogen and oxygen atoms in total. The Labute approximate surface area is 117 Å². The third-order valence-electron chi connectivity index (χ3n) is 3.29. The van der Waals surface area contributed by atoms with Crippen LogP contribution in [0.15, 0.2) is 18.2 Å². The number of amides is 1. The molecule has 0 aliphatic heterocycles. The summed E-state index contributed by atoms with van der Waals surface area (Å²) in [4.78, 5) is 24.9. The molecule has 6 heteroatoms. The number of hydrogen-bond donors (Lipinski definition) is 1. The van der Waals surface area contributed by atoms with Crippen molar-refractivity contribution in [3.8, 4) is 0 Å². The number of para-hydroxylation sites is 1. The maximum Gasteiger partial charge on any atom is 0.304 e. The minimum atomic E-state index is -0.580. The van der Waals surface area contributed by atoms with Gasteiger partial charge < -0.3 is 10.6 Å². The fourth-order valence-electron chi connectivity index (χ4n) is 2.27. The molecule has 0 unspecified atom stereocenters. The molecule has 108 valence electrons. The van der Waals surface area contributed by atoms with E-state index in [4.69, 9.17) is 5.73 Å². The van der Waals surface area contributed by atoms with E-state index in [0.29, 0.717) is 12.5 Å². The lowest BCUT2D eigenvalue weighted by Gasteiger charge is -2.24. The Bertz CT molecular complexity index is 538. The molecule has 1 saturated carbocycles. The van der Waals surface area contributed by atoms with Gasteiger partial charge in [-0.2, -0.15) is 0 Å². The third-order valence-corrected chi connectivity index (χ3v) is 3.29. The Morgan fingerprint density at radius 3 is 2.65 bits per heavy atom. The second kappa shape index (κ2) is 5.48. The van der Waals surface area contributed by atoms with Gasteiger partial charge in [0.2, 0.25) is 0 Å². The summed E-state index contributed by atoms with van der Waals surface area (Å²) in [5.74, 6) is 0.0277. The van der Waals surface area contributed by atoms with Crippen LogP contribution in [0.3, 0.4) is 0 Å². The van der Waals surface area contributed by atoms with Crippen molar-refractivity contribution in [1.29, 1.82) is 0 Å². The van der Waals surface area contributed by atoms with Gasteiger partial charge in [0.15, 0.2) is 0 Å². The van der Waals surface area contributed by atoms with E-state index >= 15 is 0 Å². The van der Waals surface area contributed by atoms with Crippen molar-refractivity contribution in [2.45, 2.75) is 32.7 Å². The van der Waals surface area contributed by atoms with E-state index in [1.165, 1.54) is 12.1 Å². The number of nitro groups is 1. The molecule has 0 bridgehead atoms. The first kappa shape index (κ1) is 14.3. The van der Waals surface area contributed by atoms with Gasteiger partial charge in [0.25, 0.3) is 5.91 Å². The molecule has 0 aromatic heterocycles. The van der Waals surface area contributed by atoms with E-state index in [2.05, 4.69) is 0 Å². The second-order valence-corrected chi connectivity index (χ2v) is 5.58. The van der Waals surface area contributed by atoms with Crippen LogP contribution in [0.4, 0.5) is 11.4 Å². The van der Waals surface area contributed by atoms with E-state index in [1.807, 2.05) is 13.8 Å². The molecule has 1 aliphatic carbocycles. The summed E-state index contributed by atoms with van der Waals surface area (Å²) in [7, 11) is 0. The van der Waals surface area contributed by atoms with Crippen LogP contribution in [0.2, 0.25) is 0 Å². The summed E-state index contributed by atoms with van der Waals surface area (Å²) in [6, 6.07) is 4.72. The average molecular weight is 277 g/mol. The topological polar surface area (TPSA) is 89.5 Å². The number of carbonyl (C=O) groups is 1. The van der Waals surface area contributed by atoms with Crippen molar-refractivity contribution < 1.29 is 9.72 Å². The monoisotopic (exact) mass is 277 g/mol. The summed E-state index contributed by atoms with van der Waals surface area (Å²) in [5, 5.41) is 11.1. The maximum atomic E-state index is 12.6. The molecule has 0 radical (unpaired) electrons. The smallest absolute Gasteiger partial charge is 0.304 e. The molecule has 1 aromatic rings. The van der Waals surface area contributed by atoms with Crippen LogP contribution in [0.25, 0.3) is 0 Å². The predicted molar refractivity (Wildman–Crippen MR) is 76.4 cm³/mol. The summed E-state index contributed by atoms with van der Waals surface area (Å²) < 4.78 is 0. The van der Waals surface area contributed by atoms with Crippen LogP contribution >= 0.6 is 0 Å². The lowest BCUT2D eigenvalue weighted by molar-refractivity contribution is -0.384. The normalized spacial score (nSPS) is 14.3. The zero-order valence-electron chi connectivity index (χ0n) is 11.7. The van der Waals surface area contributed by atoms with Crippen LogP contribution in [-0.2, 0) is 0 Å². The lowest BCUT2D eigenvalue weighted by atomic mass is 10.1. The van der Waals surface area contributed by atoms with E-state index in [-0.39, 0.29) is 28.9 Å². The van der Waals surface area contributed by atoms with Gasteiger partial charge in [0, 0.05) is 12.6 Å². The highest BCUT2D eigenvalue weighted by molar-refractivity contribution is 6.00. The molecule has 20 heavy (non-hydrogen) atoms. The fraction of sp³-hybridized carbons (Fsp3) is 0.500. The predicted octanol–water partition coefficient (Wildman–Crippen LogP) is 2.44. The van der Waals surface area contributed by atoms with E-state index < -0.39 is 4.92 Å². The first-order valence-corrected chi connectivity index (χ1v) is 6.75. The Kier molecular flexibility index (Phi) is 3.92. The number of nitrogen functional groups attached to an aromatic ring is 1. The van der Waals surface area contributed by atoms with Crippen LogP contribution in [0.5, 0.6) is 0 Å². The first-order valence-electron chi connectivity index (χ1n) is 6.75. The number of anilines is 1. The standard InChI is InChI=1S/C14H19N3O3/c1-9(2)8-16(10-6-7-10)14(18)11-4-3-5-12(15)13(11)17(19)20/h3-5,9-10H,6-8,15H2,1-2H3. The molecule has 0 saturated heterocycles. The molecule has 0 atom stereocenters. The van der Waals surface area contributed by atoms with Gasteiger partial charge in [-0.25, -0.2) is 0 Å². The minimum Gasteiger partial charge on any atom is -0.393 e. The molecular formula is C14H19N3O3. The van der Waals surface area contributed by atoms with Crippen molar-refractivity contribution in [3.05, 3.63) is 33.9 Å². The molecule has 1 aliphatic rings. The Balaban J connectivity index is 2.36. The molecule has 2 rings (SSSR count). The van der Waals surface area contributed by atoms with Crippen LogP contribution < -0.4 is 5.73 Å². The first-order chi connectivity index (χ1) is 9.41. The fourth-order valence-corrected chi connectivity index (χ4v) is 2.27. The van der Waals surface area contributed by atoms with Crippen molar-refractivity contribution in [1.82, 2.24) is 4.90 Å². The van der Waals surface area contributed by atoms with Crippen LogP contribution in [0.1, 0.15) is 37.0 Å². The van der Waals surface area contributed by atoms with Gasteiger partial charge >= 0.3 is 5.69 Å². The number of nitrogens with two attached hydrogens (primary N) is 1. The number of nitro benzene ring substituents is 1. The van der Waals surface area contributed by atoms with Gasteiger partial charge in [0.1, 0.15) is 11.3 Å². The lowest BCUT2D eigenvalue weighted by Crippen LogP contribution is -2.36. The Hall–Kier alpha value is -2.11. The average Bonchev–Trinajstić information content (AvgIpc) is 3.18. The van der Waals surface area contributed by atoms with Crippen LogP contribution in [0, 0.1) is 16.0 Å². The summed E-state index contributed by atoms with van der Waals surface area (Å²) in [5.41, 5.74) is 5.47. The minimum absolute atomic E-state index is 0.0288. The maximum absolute atomic E-state index is 12.6. The van der Waals surface area contributed by atoms with Crippen molar-refractivity contribution in [3.63, 3.8) is 0 Å².